The number of H-pyrrole nitrogens is 1. The van der Waals surface area contributed by atoms with E-state index in [-0.39, 0.29) is 17.9 Å². The summed E-state index contributed by atoms with van der Waals surface area (Å²) < 4.78 is 28.9. The molecule has 1 fully saturated rings. The fourth-order valence-electron chi connectivity index (χ4n) is 2.94. The highest BCUT2D eigenvalue weighted by molar-refractivity contribution is 5.83. The van der Waals surface area contributed by atoms with Crippen molar-refractivity contribution in [2.45, 2.75) is 25.2 Å². The molecule has 2 N–H and O–H groups in total. The summed E-state index contributed by atoms with van der Waals surface area (Å²) in [4.78, 5) is 2.94. The van der Waals surface area contributed by atoms with Gasteiger partial charge in [0.05, 0.1) is 0 Å². The number of rotatable bonds is 3. The summed E-state index contributed by atoms with van der Waals surface area (Å²) >= 11 is 0. The Morgan fingerprint density at radius 2 is 2.11 bits per heavy atom. The molecule has 3 rings (SSSR count). The molecule has 1 aliphatic rings. The molecule has 4 heteroatoms. The van der Waals surface area contributed by atoms with Crippen LogP contribution in [0.3, 0.4) is 0 Å². The Labute approximate surface area is 111 Å². The zero-order chi connectivity index (χ0) is 13.3. The van der Waals surface area contributed by atoms with Gasteiger partial charge < -0.3 is 10.3 Å². The third-order valence-electron chi connectivity index (χ3n) is 3.93. The summed E-state index contributed by atoms with van der Waals surface area (Å²) in [5.41, 5.74) is 0.910. The van der Waals surface area contributed by atoms with Gasteiger partial charge in [0.25, 0.3) is 5.92 Å². The standard InChI is InChI=1S/C15H18F2N2/c16-15(17,8-11-4-3-7-18-9-11)13-10-19-14-6-2-1-5-12(13)14/h1-2,5-6,10-11,18-19H,3-4,7-9H2. The molecule has 19 heavy (non-hydrogen) atoms. The van der Waals surface area contributed by atoms with Gasteiger partial charge in [0, 0.05) is 29.1 Å². The maximum Gasteiger partial charge on any atom is 0.275 e. The topological polar surface area (TPSA) is 27.8 Å². The highest BCUT2D eigenvalue weighted by atomic mass is 19.3. The molecule has 2 aromatic rings. The van der Waals surface area contributed by atoms with E-state index in [1.165, 1.54) is 6.20 Å². The van der Waals surface area contributed by atoms with E-state index in [1.54, 1.807) is 12.1 Å². The molecule has 0 spiro atoms. The number of piperidine rings is 1. The van der Waals surface area contributed by atoms with Crippen molar-refractivity contribution >= 4 is 10.9 Å². The highest BCUT2D eigenvalue weighted by Gasteiger charge is 2.37. The van der Waals surface area contributed by atoms with Crippen molar-refractivity contribution in [2.24, 2.45) is 5.92 Å². The number of alkyl halides is 2. The number of aromatic amines is 1. The Kier molecular flexibility index (Phi) is 3.27. The van der Waals surface area contributed by atoms with E-state index in [9.17, 15) is 8.78 Å². The third kappa shape index (κ3) is 2.50. The number of hydrogen-bond donors (Lipinski definition) is 2. The van der Waals surface area contributed by atoms with Crippen LogP contribution in [0.4, 0.5) is 8.78 Å². The predicted molar refractivity (Wildman–Crippen MR) is 72.4 cm³/mol. The molecule has 0 aliphatic carbocycles. The van der Waals surface area contributed by atoms with Crippen molar-refractivity contribution in [3.05, 3.63) is 36.0 Å². The lowest BCUT2D eigenvalue weighted by Crippen LogP contribution is -2.33. The summed E-state index contributed by atoms with van der Waals surface area (Å²) in [5, 5.41) is 3.83. The fourth-order valence-corrected chi connectivity index (χ4v) is 2.94. The minimum Gasteiger partial charge on any atom is -0.361 e. The first-order chi connectivity index (χ1) is 9.17. The smallest absolute Gasteiger partial charge is 0.275 e. The van der Waals surface area contributed by atoms with E-state index in [2.05, 4.69) is 10.3 Å². The molecule has 0 radical (unpaired) electrons. The summed E-state index contributed by atoms with van der Waals surface area (Å²) in [5.74, 6) is -2.69. The summed E-state index contributed by atoms with van der Waals surface area (Å²) in [6, 6.07) is 7.25. The van der Waals surface area contributed by atoms with E-state index in [0.717, 1.165) is 24.9 Å². The lowest BCUT2D eigenvalue weighted by atomic mass is 9.90. The first-order valence-corrected chi connectivity index (χ1v) is 6.82. The van der Waals surface area contributed by atoms with Crippen LogP contribution in [-0.4, -0.2) is 18.1 Å². The third-order valence-corrected chi connectivity index (χ3v) is 3.93. The maximum atomic E-state index is 14.5. The van der Waals surface area contributed by atoms with Crippen molar-refractivity contribution in [2.75, 3.05) is 13.1 Å². The zero-order valence-corrected chi connectivity index (χ0v) is 10.8. The molecule has 102 valence electrons. The van der Waals surface area contributed by atoms with Crippen LogP contribution in [0, 0.1) is 5.92 Å². The first-order valence-electron chi connectivity index (χ1n) is 6.82. The number of para-hydroxylation sites is 1. The normalized spacial score (nSPS) is 20.8. The van der Waals surface area contributed by atoms with Gasteiger partial charge in [0.2, 0.25) is 0 Å². The second kappa shape index (κ2) is 4.93. The summed E-state index contributed by atoms with van der Waals surface area (Å²) in [7, 11) is 0. The van der Waals surface area contributed by atoms with Gasteiger partial charge in [0.1, 0.15) is 0 Å². The van der Waals surface area contributed by atoms with Crippen LogP contribution in [0.1, 0.15) is 24.8 Å². The van der Waals surface area contributed by atoms with Crippen molar-refractivity contribution in [1.29, 1.82) is 0 Å². The lowest BCUT2D eigenvalue weighted by molar-refractivity contribution is -0.0303. The van der Waals surface area contributed by atoms with Crippen molar-refractivity contribution < 1.29 is 8.78 Å². The SMILES string of the molecule is FC(F)(CC1CCCNC1)c1c[nH]c2ccccc12. The van der Waals surface area contributed by atoms with Crippen LogP contribution in [0.5, 0.6) is 0 Å². The van der Waals surface area contributed by atoms with E-state index in [1.807, 2.05) is 12.1 Å². The van der Waals surface area contributed by atoms with E-state index >= 15 is 0 Å². The number of halogens is 2. The van der Waals surface area contributed by atoms with E-state index in [4.69, 9.17) is 0 Å². The lowest BCUT2D eigenvalue weighted by Gasteiger charge is -2.26. The average Bonchev–Trinajstić information content (AvgIpc) is 2.84. The molecule has 0 amide bonds. The number of fused-ring (bicyclic) bond motifs is 1. The Balaban J connectivity index is 1.86. The van der Waals surface area contributed by atoms with Crippen LogP contribution < -0.4 is 5.32 Å². The van der Waals surface area contributed by atoms with Gasteiger partial charge in [-0.1, -0.05) is 18.2 Å². The molecule has 0 bridgehead atoms. The van der Waals surface area contributed by atoms with Crippen LogP contribution in [-0.2, 0) is 5.92 Å². The van der Waals surface area contributed by atoms with Gasteiger partial charge in [-0.05, 0) is 37.9 Å². The molecule has 1 unspecified atom stereocenters. The average molecular weight is 264 g/mol. The molecule has 2 heterocycles. The molecule has 0 saturated carbocycles. The monoisotopic (exact) mass is 264 g/mol. The van der Waals surface area contributed by atoms with Crippen molar-refractivity contribution in [3.63, 3.8) is 0 Å². The van der Waals surface area contributed by atoms with Gasteiger partial charge in [-0.25, -0.2) is 8.78 Å². The summed E-state index contributed by atoms with van der Waals surface area (Å²) in [6.45, 7) is 1.66. The van der Waals surface area contributed by atoms with Crippen LogP contribution >= 0.6 is 0 Å². The minimum atomic E-state index is -2.76. The van der Waals surface area contributed by atoms with Gasteiger partial charge in [-0.2, -0.15) is 0 Å². The molecule has 1 saturated heterocycles. The van der Waals surface area contributed by atoms with Crippen LogP contribution in [0.25, 0.3) is 10.9 Å². The number of hydrogen-bond acceptors (Lipinski definition) is 1. The molecule has 1 atom stereocenters. The molecule has 1 aromatic carbocycles. The molecule has 1 aromatic heterocycles. The fraction of sp³-hybridized carbons (Fsp3) is 0.467. The van der Waals surface area contributed by atoms with Gasteiger partial charge in [-0.3, -0.25) is 0 Å². The second-order valence-corrected chi connectivity index (χ2v) is 5.37. The van der Waals surface area contributed by atoms with E-state index in [0.29, 0.717) is 11.9 Å². The number of benzene rings is 1. The number of nitrogens with one attached hydrogen (secondary N) is 2. The van der Waals surface area contributed by atoms with E-state index < -0.39 is 5.92 Å². The maximum absolute atomic E-state index is 14.5. The zero-order valence-electron chi connectivity index (χ0n) is 10.8. The van der Waals surface area contributed by atoms with Crippen LogP contribution in [0.15, 0.2) is 30.5 Å². The number of aromatic nitrogens is 1. The quantitative estimate of drug-likeness (QED) is 0.870. The van der Waals surface area contributed by atoms with Crippen molar-refractivity contribution in [1.82, 2.24) is 10.3 Å². The Morgan fingerprint density at radius 3 is 2.89 bits per heavy atom. The second-order valence-electron chi connectivity index (χ2n) is 5.37. The highest BCUT2D eigenvalue weighted by Crippen LogP contribution is 2.39. The first kappa shape index (κ1) is 12.6. The van der Waals surface area contributed by atoms with Gasteiger partial charge >= 0.3 is 0 Å². The summed E-state index contributed by atoms with van der Waals surface area (Å²) in [6.07, 6.45) is 3.28. The Morgan fingerprint density at radius 1 is 1.26 bits per heavy atom. The molecule has 1 aliphatic heterocycles. The van der Waals surface area contributed by atoms with Crippen molar-refractivity contribution in [3.8, 4) is 0 Å². The largest absolute Gasteiger partial charge is 0.361 e. The van der Waals surface area contributed by atoms with Gasteiger partial charge in [0.15, 0.2) is 0 Å². The predicted octanol–water partition coefficient (Wildman–Crippen LogP) is 3.65. The van der Waals surface area contributed by atoms with Gasteiger partial charge in [-0.15, -0.1) is 0 Å². The Hall–Kier alpha value is -1.42. The Bertz CT molecular complexity index is 556. The molecular formula is C15H18F2N2. The molecular weight excluding hydrogens is 246 g/mol. The minimum absolute atomic E-state index is 0.0670. The molecule has 2 nitrogen and oxygen atoms in total. The van der Waals surface area contributed by atoms with Crippen LogP contribution in [0.2, 0.25) is 0 Å².